The van der Waals surface area contributed by atoms with E-state index in [-0.39, 0.29) is 11.5 Å². The van der Waals surface area contributed by atoms with Crippen molar-refractivity contribution in [3.63, 3.8) is 0 Å². The fourth-order valence-electron chi connectivity index (χ4n) is 3.08. The molecule has 0 unspecified atom stereocenters. The number of fused-ring (bicyclic) bond motifs is 1. The highest BCUT2D eigenvalue weighted by atomic mass is 16.5. The number of hydrogen-bond acceptors (Lipinski definition) is 3. The minimum Gasteiger partial charge on any atom is -0.496 e. The van der Waals surface area contributed by atoms with E-state index in [1.54, 1.807) is 19.2 Å². The summed E-state index contributed by atoms with van der Waals surface area (Å²) in [6.45, 7) is 1.26. The van der Waals surface area contributed by atoms with Crippen LogP contribution in [-0.4, -0.2) is 42.1 Å². The molecule has 0 aromatic heterocycles. The summed E-state index contributed by atoms with van der Waals surface area (Å²) in [6.07, 6.45) is 1.53. The number of rotatable bonds is 3. The maximum atomic E-state index is 12.7. The standard InChI is InChI=1S/C19H19NO4/c1-24-17-4-2-3-13-9-11-20(12-10-16(13)17)18(21)14-5-7-15(8-6-14)19(22)23/h2-8H,9-12H2,1H3,(H,22,23). The lowest BCUT2D eigenvalue weighted by Crippen LogP contribution is -2.33. The van der Waals surface area contributed by atoms with Gasteiger partial charge >= 0.3 is 5.97 Å². The Bertz CT molecular complexity index is 767. The molecule has 5 nitrogen and oxygen atoms in total. The van der Waals surface area contributed by atoms with Crippen LogP contribution in [0.15, 0.2) is 42.5 Å². The number of aromatic carboxylic acids is 1. The fourth-order valence-corrected chi connectivity index (χ4v) is 3.08. The predicted molar refractivity (Wildman–Crippen MR) is 89.7 cm³/mol. The second-order valence-electron chi connectivity index (χ2n) is 5.77. The van der Waals surface area contributed by atoms with Crippen LogP contribution in [0.5, 0.6) is 5.75 Å². The molecule has 1 aliphatic rings. The van der Waals surface area contributed by atoms with Gasteiger partial charge in [0.15, 0.2) is 0 Å². The number of carbonyl (C=O) groups is 2. The maximum absolute atomic E-state index is 12.7. The quantitative estimate of drug-likeness (QED) is 0.942. The summed E-state index contributed by atoms with van der Waals surface area (Å²) < 4.78 is 5.43. The molecule has 1 aliphatic heterocycles. The zero-order valence-electron chi connectivity index (χ0n) is 13.5. The van der Waals surface area contributed by atoms with Crippen molar-refractivity contribution in [1.29, 1.82) is 0 Å². The molecule has 2 aromatic carbocycles. The number of nitrogens with zero attached hydrogens (tertiary/aromatic N) is 1. The van der Waals surface area contributed by atoms with Crippen LogP contribution in [0.1, 0.15) is 31.8 Å². The number of carbonyl (C=O) groups excluding carboxylic acids is 1. The van der Waals surface area contributed by atoms with Crippen molar-refractivity contribution in [3.8, 4) is 5.75 Å². The van der Waals surface area contributed by atoms with Crippen LogP contribution >= 0.6 is 0 Å². The number of benzene rings is 2. The first-order valence-electron chi connectivity index (χ1n) is 7.87. The van der Waals surface area contributed by atoms with E-state index in [9.17, 15) is 9.59 Å². The van der Waals surface area contributed by atoms with Crippen LogP contribution in [0.25, 0.3) is 0 Å². The second-order valence-corrected chi connectivity index (χ2v) is 5.77. The number of hydrogen-bond donors (Lipinski definition) is 1. The van der Waals surface area contributed by atoms with Crippen LogP contribution in [0.2, 0.25) is 0 Å². The highest BCUT2D eigenvalue weighted by molar-refractivity contribution is 5.96. The van der Waals surface area contributed by atoms with Gasteiger partial charge in [-0.3, -0.25) is 4.79 Å². The van der Waals surface area contributed by atoms with E-state index in [1.165, 1.54) is 17.7 Å². The largest absolute Gasteiger partial charge is 0.496 e. The summed E-state index contributed by atoms with van der Waals surface area (Å²) in [5.41, 5.74) is 3.07. The Morgan fingerprint density at radius 2 is 1.67 bits per heavy atom. The van der Waals surface area contributed by atoms with Crippen LogP contribution in [0.3, 0.4) is 0 Å². The molecule has 0 aliphatic carbocycles. The van der Waals surface area contributed by atoms with Crippen LogP contribution in [-0.2, 0) is 12.8 Å². The van der Waals surface area contributed by atoms with Gasteiger partial charge in [0.2, 0.25) is 0 Å². The average Bonchev–Trinajstić information content (AvgIpc) is 2.83. The van der Waals surface area contributed by atoms with Gasteiger partial charge in [0, 0.05) is 18.7 Å². The van der Waals surface area contributed by atoms with Gasteiger partial charge in [0.1, 0.15) is 5.75 Å². The van der Waals surface area contributed by atoms with Crippen molar-refractivity contribution in [3.05, 3.63) is 64.7 Å². The molecular weight excluding hydrogens is 306 g/mol. The molecule has 1 heterocycles. The minimum atomic E-state index is -0.994. The number of amides is 1. The molecule has 2 aromatic rings. The normalized spacial score (nSPS) is 13.8. The summed E-state index contributed by atoms with van der Waals surface area (Å²) in [5.74, 6) is -0.197. The molecule has 1 N–H and O–H groups in total. The van der Waals surface area contributed by atoms with Gasteiger partial charge in [0.25, 0.3) is 5.91 Å². The number of methoxy groups -OCH3 is 1. The Labute approximate surface area is 140 Å². The lowest BCUT2D eigenvalue weighted by Gasteiger charge is -2.20. The summed E-state index contributed by atoms with van der Waals surface area (Å²) in [5, 5.41) is 8.94. The lowest BCUT2D eigenvalue weighted by molar-refractivity contribution is 0.0694. The fraction of sp³-hybridized carbons (Fsp3) is 0.263. The Morgan fingerprint density at radius 1 is 1.00 bits per heavy atom. The Kier molecular flexibility index (Phi) is 4.51. The van der Waals surface area contributed by atoms with Crippen molar-refractivity contribution >= 4 is 11.9 Å². The van der Waals surface area contributed by atoms with Crippen LogP contribution < -0.4 is 4.74 Å². The van der Waals surface area contributed by atoms with Gasteiger partial charge in [-0.15, -0.1) is 0 Å². The zero-order chi connectivity index (χ0) is 17.1. The predicted octanol–water partition coefficient (Wildman–Crippen LogP) is 2.63. The Hall–Kier alpha value is -2.82. The van der Waals surface area contributed by atoms with Crippen LogP contribution in [0, 0.1) is 0 Å². The molecule has 1 amide bonds. The van der Waals surface area contributed by atoms with E-state index < -0.39 is 5.97 Å². The third-order valence-electron chi connectivity index (χ3n) is 4.40. The van der Waals surface area contributed by atoms with Gasteiger partial charge in [-0.1, -0.05) is 12.1 Å². The minimum absolute atomic E-state index is 0.0706. The van der Waals surface area contributed by atoms with Crippen molar-refractivity contribution < 1.29 is 19.4 Å². The SMILES string of the molecule is COc1cccc2c1CCN(C(=O)c1ccc(C(=O)O)cc1)CC2. The van der Waals surface area contributed by atoms with E-state index in [0.29, 0.717) is 18.7 Å². The van der Waals surface area contributed by atoms with Gasteiger partial charge in [-0.2, -0.15) is 0 Å². The molecule has 0 fully saturated rings. The highest BCUT2D eigenvalue weighted by Crippen LogP contribution is 2.26. The van der Waals surface area contributed by atoms with E-state index in [0.717, 1.165) is 24.2 Å². The topological polar surface area (TPSA) is 66.8 Å². The molecule has 0 bridgehead atoms. The molecule has 0 spiro atoms. The molecule has 3 rings (SSSR count). The van der Waals surface area contributed by atoms with Crippen molar-refractivity contribution in [2.75, 3.05) is 20.2 Å². The highest BCUT2D eigenvalue weighted by Gasteiger charge is 2.21. The second kappa shape index (κ2) is 6.74. The smallest absolute Gasteiger partial charge is 0.335 e. The van der Waals surface area contributed by atoms with Crippen molar-refractivity contribution in [1.82, 2.24) is 4.90 Å². The molecule has 124 valence electrons. The zero-order valence-corrected chi connectivity index (χ0v) is 13.5. The van der Waals surface area contributed by atoms with E-state index >= 15 is 0 Å². The maximum Gasteiger partial charge on any atom is 0.335 e. The van der Waals surface area contributed by atoms with E-state index in [4.69, 9.17) is 9.84 Å². The molecule has 0 atom stereocenters. The Balaban J connectivity index is 1.77. The molecule has 0 radical (unpaired) electrons. The van der Waals surface area contributed by atoms with Gasteiger partial charge in [-0.25, -0.2) is 4.79 Å². The summed E-state index contributed by atoms with van der Waals surface area (Å²) in [7, 11) is 1.66. The molecule has 0 saturated carbocycles. The first-order valence-corrected chi connectivity index (χ1v) is 7.87. The summed E-state index contributed by atoms with van der Waals surface area (Å²) in [4.78, 5) is 25.4. The van der Waals surface area contributed by atoms with Crippen molar-refractivity contribution in [2.45, 2.75) is 12.8 Å². The molecule has 5 heteroatoms. The van der Waals surface area contributed by atoms with E-state index in [2.05, 4.69) is 6.07 Å². The lowest BCUT2D eigenvalue weighted by atomic mass is 10.0. The first kappa shape index (κ1) is 16.1. The number of carboxylic acids is 1. The van der Waals surface area contributed by atoms with Crippen LogP contribution in [0.4, 0.5) is 0 Å². The van der Waals surface area contributed by atoms with Gasteiger partial charge in [0.05, 0.1) is 12.7 Å². The Morgan fingerprint density at radius 3 is 2.33 bits per heavy atom. The number of ether oxygens (including phenoxy) is 1. The van der Waals surface area contributed by atoms with Gasteiger partial charge < -0.3 is 14.7 Å². The third kappa shape index (κ3) is 3.11. The molecule has 0 saturated heterocycles. The molecule has 24 heavy (non-hydrogen) atoms. The molecular formula is C19H19NO4. The monoisotopic (exact) mass is 325 g/mol. The number of carboxylic acid groups (broad SMARTS) is 1. The third-order valence-corrected chi connectivity index (χ3v) is 4.40. The summed E-state index contributed by atoms with van der Waals surface area (Å²) >= 11 is 0. The summed E-state index contributed by atoms with van der Waals surface area (Å²) in [6, 6.07) is 12.1. The first-order chi connectivity index (χ1) is 11.6. The van der Waals surface area contributed by atoms with Gasteiger partial charge in [-0.05, 0) is 54.3 Å². The van der Waals surface area contributed by atoms with E-state index in [1.807, 2.05) is 17.0 Å². The average molecular weight is 325 g/mol. The van der Waals surface area contributed by atoms with Crippen molar-refractivity contribution in [2.24, 2.45) is 0 Å².